The van der Waals surface area contributed by atoms with E-state index in [1.54, 1.807) is 12.1 Å². The molecule has 4 rings (SSSR count). The van der Waals surface area contributed by atoms with E-state index in [2.05, 4.69) is 16.7 Å². The minimum absolute atomic E-state index is 0.327. The molecule has 148 valence electrons. The minimum atomic E-state index is -1.59. The molecular weight excluding hydrogens is 378 g/mol. The largest absolute Gasteiger partial charge is 0.475 e. The molecule has 4 aromatic rings. The number of carboxylic acids is 1. The molecule has 0 amide bonds. The Balaban J connectivity index is 1.79. The topological polar surface area (TPSA) is 76.4 Å². The summed E-state index contributed by atoms with van der Waals surface area (Å²) in [4.78, 5) is 34.5. The maximum atomic E-state index is 12.4. The number of aliphatic carboxylic acids is 1. The molecule has 1 heterocycles. The first-order chi connectivity index (χ1) is 14.5. The summed E-state index contributed by atoms with van der Waals surface area (Å²) in [5, 5.41) is 9.61. The molecule has 0 aliphatic rings. The van der Waals surface area contributed by atoms with Crippen LogP contribution in [0.5, 0.6) is 0 Å². The van der Waals surface area contributed by atoms with E-state index in [0.29, 0.717) is 12.1 Å². The molecule has 0 aliphatic carbocycles. The Bertz CT molecular complexity index is 1240. The van der Waals surface area contributed by atoms with Crippen LogP contribution in [-0.4, -0.2) is 27.2 Å². The number of Topliss-reactive ketones (excluding diaryl/α,β-unsaturated/α-hetero) is 2. The zero-order chi connectivity index (χ0) is 21.1. The Kier molecular flexibility index (Phi) is 5.26. The number of nitrogens with zero attached hydrogens (tertiary/aromatic N) is 1. The van der Waals surface area contributed by atoms with Gasteiger partial charge in [0.1, 0.15) is 0 Å². The van der Waals surface area contributed by atoms with Crippen LogP contribution in [0.4, 0.5) is 0 Å². The highest BCUT2D eigenvalue weighted by Gasteiger charge is 2.19. The van der Waals surface area contributed by atoms with E-state index in [4.69, 9.17) is 5.11 Å². The van der Waals surface area contributed by atoms with Gasteiger partial charge in [-0.2, -0.15) is 0 Å². The summed E-state index contributed by atoms with van der Waals surface area (Å²) in [6.45, 7) is 0.666. The van der Waals surface area contributed by atoms with Crippen molar-refractivity contribution < 1.29 is 19.5 Å². The molecule has 0 aliphatic heterocycles. The molecule has 0 atom stereocenters. The van der Waals surface area contributed by atoms with E-state index in [1.807, 2.05) is 60.7 Å². The van der Waals surface area contributed by atoms with Crippen molar-refractivity contribution in [3.8, 4) is 11.3 Å². The van der Waals surface area contributed by atoms with Crippen LogP contribution >= 0.6 is 0 Å². The first kappa shape index (κ1) is 19.3. The van der Waals surface area contributed by atoms with Crippen LogP contribution in [-0.2, 0) is 16.1 Å². The third-order valence-corrected chi connectivity index (χ3v) is 5.04. The standard InChI is InChI=1S/C25H19NO4/c27-23(15-24(28)25(29)30)19-11-12-21-20(13-19)14-22(18-9-5-2-6-10-18)26(21)16-17-7-3-1-4-8-17/h1-14H,15-16H2,(H,29,30). The first-order valence-electron chi connectivity index (χ1n) is 9.55. The summed E-state index contributed by atoms with van der Waals surface area (Å²) in [6, 6.07) is 27.3. The molecule has 1 N–H and O–H groups in total. The van der Waals surface area contributed by atoms with Gasteiger partial charge < -0.3 is 9.67 Å². The molecule has 0 bridgehead atoms. The van der Waals surface area contributed by atoms with Crippen LogP contribution in [0, 0.1) is 0 Å². The van der Waals surface area contributed by atoms with Gasteiger partial charge in [0.05, 0.1) is 6.42 Å². The molecule has 0 saturated heterocycles. The molecule has 0 fully saturated rings. The van der Waals surface area contributed by atoms with Crippen molar-refractivity contribution >= 4 is 28.4 Å². The average Bonchev–Trinajstić information content (AvgIpc) is 3.12. The highest BCUT2D eigenvalue weighted by atomic mass is 16.4. The third-order valence-electron chi connectivity index (χ3n) is 5.04. The van der Waals surface area contributed by atoms with E-state index in [0.717, 1.165) is 27.7 Å². The fourth-order valence-electron chi connectivity index (χ4n) is 3.55. The van der Waals surface area contributed by atoms with Gasteiger partial charge in [-0.3, -0.25) is 9.59 Å². The van der Waals surface area contributed by atoms with Crippen molar-refractivity contribution in [2.45, 2.75) is 13.0 Å². The maximum Gasteiger partial charge on any atom is 0.372 e. The van der Waals surface area contributed by atoms with Gasteiger partial charge in [-0.1, -0.05) is 60.7 Å². The van der Waals surface area contributed by atoms with Gasteiger partial charge in [-0.25, -0.2) is 4.79 Å². The van der Waals surface area contributed by atoms with E-state index in [1.165, 1.54) is 0 Å². The third kappa shape index (κ3) is 3.91. The highest BCUT2D eigenvalue weighted by molar-refractivity contribution is 6.37. The number of carbonyl (C=O) groups excluding carboxylic acids is 2. The SMILES string of the molecule is O=C(O)C(=O)CC(=O)c1ccc2c(c1)cc(-c1ccccc1)n2Cc1ccccc1. The van der Waals surface area contributed by atoms with Crippen molar-refractivity contribution in [2.24, 2.45) is 0 Å². The smallest absolute Gasteiger partial charge is 0.372 e. The summed E-state index contributed by atoms with van der Waals surface area (Å²) >= 11 is 0. The molecule has 30 heavy (non-hydrogen) atoms. The Morgan fingerprint density at radius 2 is 1.47 bits per heavy atom. The van der Waals surface area contributed by atoms with Crippen molar-refractivity contribution in [3.05, 3.63) is 96.1 Å². The van der Waals surface area contributed by atoms with Crippen LogP contribution in [0.2, 0.25) is 0 Å². The van der Waals surface area contributed by atoms with Crippen molar-refractivity contribution in [1.29, 1.82) is 0 Å². The van der Waals surface area contributed by atoms with Crippen molar-refractivity contribution in [2.75, 3.05) is 0 Å². The number of ketones is 2. The quantitative estimate of drug-likeness (QED) is 0.281. The minimum Gasteiger partial charge on any atom is -0.475 e. The molecule has 0 spiro atoms. The van der Waals surface area contributed by atoms with Crippen molar-refractivity contribution in [3.63, 3.8) is 0 Å². The Labute approximate surface area is 173 Å². The van der Waals surface area contributed by atoms with Gasteiger partial charge in [0.25, 0.3) is 0 Å². The number of carboxylic acid groups (broad SMARTS) is 1. The second-order valence-corrected chi connectivity index (χ2v) is 7.07. The van der Waals surface area contributed by atoms with Gasteiger partial charge >= 0.3 is 5.97 Å². The number of fused-ring (bicyclic) bond motifs is 1. The Hall–Kier alpha value is -3.99. The summed E-state index contributed by atoms with van der Waals surface area (Å²) in [5.74, 6) is -3.20. The van der Waals surface area contributed by atoms with E-state index >= 15 is 0 Å². The first-order valence-corrected chi connectivity index (χ1v) is 9.55. The van der Waals surface area contributed by atoms with Crippen molar-refractivity contribution in [1.82, 2.24) is 4.57 Å². The Morgan fingerprint density at radius 1 is 0.800 bits per heavy atom. The monoisotopic (exact) mass is 397 g/mol. The fourth-order valence-corrected chi connectivity index (χ4v) is 3.55. The van der Waals surface area contributed by atoms with Crippen LogP contribution in [0.1, 0.15) is 22.3 Å². The zero-order valence-corrected chi connectivity index (χ0v) is 16.1. The number of aromatic nitrogens is 1. The molecule has 5 nitrogen and oxygen atoms in total. The average molecular weight is 397 g/mol. The number of rotatable bonds is 7. The summed E-state index contributed by atoms with van der Waals surface area (Å²) < 4.78 is 2.19. The van der Waals surface area contributed by atoms with Gasteiger partial charge in [-0.15, -0.1) is 0 Å². The van der Waals surface area contributed by atoms with Gasteiger partial charge in [0, 0.05) is 28.7 Å². The Morgan fingerprint density at radius 3 is 2.13 bits per heavy atom. The summed E-state index contributed by atoms with van der Waals surface area (Å²) in [7, 11) is 0. The lowest BCUT2D eigenvalue weighted by Gasteiger charge is -2.11. The molecular formula is C25H19NO4. The molecule has 0 saturated carbocycles. The maximum absolute atomic E-state index is 12.4. The normalized spacial score (nSPS) is 10.8. The lowest BCUT2D eigenvalue weighted by molar-refractivity contribution is -0.148. The predicted molar refractivity (Wildman–Crippen MR) is 115 cm³/mol. The zero-order valence-electron chi connectivity index (χ0n) is 16.1. The number of benzene rings is 3. The van der Waals surface area contributed by atoms with E-state index < -0.39 is 24.0 Å². The van der Waals surface area contributed by atoms with E-state index in [-0.39, 0.29) is 0 Å². The second-order valence-electron chi connectivity index (χ2n) is 7.07. The lowest BCUT2D eigenvalue weighted by atomic mass is 10.0. The second kappa shape index (κ2) is 8.17. The predicted octanol–water partition coefficient (Wildman–Crippen LogP) is 4.58. The molecule has 3 aromatic carbocycles. The van der Waals surface area contributed by atoms with E-state index in [9.17, 15) is 14.4 Å². The molecule has 0 radical (unpaired) electrons. The lowest BCUT2D eigenvalue weighted by Crippen LogP contribution is -2.17. The fraction of sp³-hybridized carbons (Fsp3) is 0.0800. The van der Waals surface area contributed by atoms with Gasteiger partial charge in [0.15, 0.2) is 5.78 Å². The van der Waals surface area contributed by atoms with Crippen LogP contribution in [0.3, 0.4) is 0 Å². The van der Waals surface area contributed by atoms with Crippen LogP contribution in [0.25, 0.3) is 22.2 Å². The summed E-state index contributed by atoms with van der Waals surface area (Å²) in [5.41, 5.74) is 4.51. The van der Waals surface area contributed by atoms with Gasteiger partial charge in [-0.05, 0) is 35.4 Å². The van der Waals surface area contributed by atoms with Gasteiger partial charge in [0.2, 0.25) is 5.78 Å². The highest BCUT2D eigenvalue weighted by Crippen LogP contribution is 2.30. The van der Waals surface area contributed by atoms with Crippen LogP contribution < -0.4 is 0 Å². The van der Waals surface area contributed by atoms with Crippen LogP contribution in [0.15, 0.2) is 84.9 Å². The molecule has 5 heteroatoms. The molecule has 0 unspecified atom stereocenters. The summed E-state index contributed by atoms with van der Waals surface area (Å²) in [6.07, 6.45) is -0.642. The molecule has 1 aromatic heterocycles. The number of hydrogen-bond donors (Lipinski definition) is 1. The number of hydrogen-bond acceptors (Lipinski definition) is 3. The number of carbonyl (C=O) groups is 3.